The van der Waals surface area contributed by atoms with Crippen LogP contribution in [0, 0.1) is 6.92 Å². The molecule has 1 fully saturated rings. The van der Waals surface area contributed by atoms with E-state index < -0.39 is 6.10 Å². The monoisotopic (exact) mass is 358 g/mol. The van der Waals surface area contributed by atoms with E-state index in [1.165, 1.54) is 0 Å². The van der Waals surface area contributed by atoms with E-state index in [1.807, 2.05) is 67.3 Å². The first-order valence-corrected chi connectivity index (χ1v) is 8.93. The number of piperazine rings is 1. The summed E-state index contributed by atoms with van der Waals surface area (Å²) in [4.78, 5) is 16.8. The topological polar surface area (TPSA) is 32.8 Å². The summed E-state index contributed by atoms with van der Waals surface area (Å²) in [5.74, 6) is 0.769. The number of anilines is 1. The first-order chi connectivity index (χ1) is 12.0. The first kappa shape index (κ1) is 17.6. The van der Waals surface area contributed by atoms with Crippen molar-refractivity contribution in [3.05, 3.63) is 59.1 Å². The summed E-state index contributed by atoms with van der Waals surface area (Å²) in [7, 11) is 0. The molecule has 132 valence electrons. The second-order valence-corrected chi connectivity index (χ2v) is 6.81. The zero-order chi connectivity index (χ0) is 17.8. The summed E-state index contributed by atoms with van der Waals surface area (Å²) in [5.41, 5.74) is 2.22. The number of benzene rings is 2. The Bertz CT molecular complexity index is 742. The predicted molar refractivity (Wildman–Crippen MR) is 102 cm³/mol. The van der Waals surface area contributed by atoms with Crippen molar-refractivity contribution in [3.63, 3.8) is 0 Å². The van der Waals surface area contributed by atoms with Crippen molar-refractivity contribution in [1.82, 2.24) is 4.90 Å². The molecule has 1 heterocycles. The molecule has 1 aliphatic heterocycles. The van der Waals surface area contributed by atoms with Crippen molar-refractivity contribution in [3.8, 4) is 5.75 Å². The molecule has 1 aliphatic rings. The van der Waals surface area contributed by atoms with Gasteiger partial charge < -0.3 is 14.5 Å². The van der Waals surface area contributed by atoms with Crippen molar-refractivity contribution in [2.75, 3.05) is 31.1 Å². The van der Waals surface area contributed by atoms with Gasteiger partial charge in [-0.15, -0.1) is 0 Å². The van der Waals surface area contributed by atoms with E-state index in [0.717, 1.165) is 35.1 Å². The van der Waals surface area contributed by atoms with E-state index in [0.29, 0.717) is 13.1 Å². The van der Waals surface area contributed by atoms with Gasteiger partial charge in [0, 0.05) is 36.9 Å². The largest absolute Gasteiger partial charge is 0.481 e. The highest BCUT2D eigenvalue weighted by Gasteiger charge is 2.26. The third-order valence-corrected chi connectivity index (χ3v) is 4.65. The van der Waals surface area contributed by atoms with Crippen molar-refractivity contribution < 1.29 is 9.53 Å². The maximum Gasteiger partial charge on any atom is 0.263 e. The fourth-order valence-electron chi connectivity index (χ4n) is 3.06. The van der Waals surface area contributed by atoms with Gasteiger partial charge in [0.2, 0.25) is 0 Å². The molecule has 0 bridgehead atoms. The lowest BCUT2D eigenvalue weighted by Crippen LogP contribution is -2.52. The van der Waals surface area contributed by atoms with Gasteiger partial charge >= 0.3 is 0 Å². The number of aryl methyl sites for hydroxylation is 1. The van der Waals surface area contributed by atoms with Crippen LogP contribution in [0.3, 0.4) is 0 Å². The molecule has 1 amide bonds. The molecular weight excluding hydrogens is 336 g/mol. The van der Waals surface area contributed by atoms with Crippen LogP contribution in [0.25, 0.3) is 0 Å². The maximum atomic E-state index is 12.6. The SMILES string of the molecule is Cc1cccc(O[C@H](C)C(=O)N2CCN(c3cccc(Cl)c3)CC2)c1. The Labute approximate surface area is 154 Å². The van der Waals surface area contributed by atoms with E-state index in [1.54, 1.807) is 0 Å². The second kappa shape index (κ2) is 7.79. The highest BCUT2D eigenvalue weighted by atomic mass is 35.5. The molecule has 5 heteroatoms. The number of carbonyl (C=O) groups is 1. The molecule has 25 heavy (non-hydrogen) atoms. The molecule has 0 saturated carbocycles. The molecule has 0 radical (unpaired) electrons. The Hall–Kier alpha value is -2.20. The molecule has 2 aromatic rings. The predicted octanol–water partition coefficient (Wildman–Crippen LogP) is 3.76. The molecule has 1 atom stereocenters. The molecule has 0 spiro atoms. The lowest BCUT2D eigenvalue weighted by molar-refractivity contribution is -0.138. The number of nitrogens with zero attached hydrogens (tertiary/aromatic N) is 2. The average Bonchev–Trinajstić information content (AvgIpc) is 2.61. The smallest absolute Gasteiger partial charge is 0.263 e. The van der Waals surface area contributed by atoms with E-state index in [4.69, 9.17) is 16.3 Å². The van der Waals surface area contributed by atoms with Crippen molar-refractivity contribution in [1.29, 1.82) is 0 Å². The molecule has 3 rings (SSSR count). The number of amides is 1. The third-order valence-electron chi connectivity index (χ3n) is 4.41. The van der Waals surface area contributed by atoms with Crippen LogP contribution in [0.5, 0.6) is 5.75 Å². The van der Waals surface area contributed by atoms with Crippen LogP contribution in [-0.4, -0.2) is 43.1 Å². The highest BCUT2D eigenvalue weighted by molar-refractivity contribution is 6.30. The van der Waals surface area contributed by atoms with Gasteiger partial charge in [-0.2, -0.15) is 0 Å². The minimum atomic E-state index is -0.487. The van der Waals surface area contributed by atoms with Gasteiger partial charge in [-0.05, 0) is 49.7 Å². The quantitative estimate of drug-likeness (QED) is 0.834. The lowest BCUT2D eigenvalue weighted by atomic mass is 10.2. The number of hydrogen-bond acceptors (Lipinski definition) is 3. The molecular formula is C20H23ClN2O2. The Kier molecular flexibility index (Phi) is 5.49. The summed E-state index contributed by atoms with van der Waals surface area (Å²) in [6.45, 7) is 6.79. The summed E-state index contributed by atoms with van der Waals surface area (Å²) >= 11 is 6.07. The molecule has 0 aliphatic carbocycles. The van der Waals surface area contributed by atoms with Gasteiger partial charge in [0.1, 0.15) is 5.75 Å². The summed E-state index contributed by atoms with van der Waals surface area (Å²) in [6, 6.07) is 15.6. The standard InChI is InChI=1S/C20H23ClN2O2/c1-15-5-3-8-19(13-15)25-16(2)20(24)23-11-9-22(10-12-23)18-7-4-6-17(21)14-18/h3-8,13-14,16H,9-12H2,1-2H3/t16-/m1/s1. The van der Waals surface area contributed by atoms with Crippen LogP contribution in [-0.2, 0) is 4.79 Å². The van der Waals surface area contributed by atoms with Gasteiger partial charge in [-0.3, -0.25) is 4.79 Å². The average molecular weight is 359 g/mol. The van der Waals surface area contributed by atoms with Crippen LogP contribution in [0.4, 0.5) is 5.69 Å². The van der Waals surface area contributed by atoms with Crippen LogP contribution < -0.4 is 9.64 Å². The van der Waals surface area contributed by atoms with Gasteiger partial charge in [0.05, 0.1) is 0 Å². The second-order valence-electron chi connectivity index (χ2n) is 6.37. The lowest BCUT2D eigenvalue weighted by Gasteiger charge is -2.37. The molecule has 2 aromatic carbocycles. The van der Waals surface area contributed by atoms with Crippen molar-refractivity contribution in [2.45, 2.75) is 20.0 Å². The number of ether oxygens (including phenoxy) is 1. The van der Waals surface area contributed by atoms with E-state index >= 15 is 0 Å². The van der Waals surface area contributed by atoms with Crippen molar-refractivity contribution in [2.24, 2.45) is 0 Å². The van der Waals surface area contributed by atoms with E-state index in [9.17, 15) is 4.79 Å². The van der Waals surface area contributed by atoms with Crippen LogP contribution in [0.15, 0.2) is 48.5 Å². The zero-order valence-corrected chi connectivity index (χ0v) is 15.4. The number of halogens is 1. The fourth-order valence-corrected chi connectivity index (χ4v) is 3.24. The highest BCUT2D eigenvalue weighted by Crippen LogP contribution is 2.21. The van der Waals surface area contributed by atoms with Crippen LogP contribution in [0.1, 0.15) is 12.5 Å². The Morgan fingerprint density at radius 3 is 2.48 bits per heavy atom. The molecule has 0 aromatic heterocycles. The van der Waals surface area contributed by atoms with Gasteiger partial charge in [0.15, 0.2) is 6.10 Å². The third kappa shape index (κ3) is 4.45. The van der Waals surface area contributed by atoms with Crippen molar-refractivity contribution >= 4 is 23.2 Å². The zero-order valence-electron chi connectivity index (χ0n) is 14.6. The minimum Gasteiger partial charge on any atom is -0.481 e. The van der Waals surface area contributed by atoms with Gasteiger partial charge in [0.25, 0.3) is 5.91 Å². The number of rotatable bonds is 4. The van der Waals surface area contributed by atoms with E-state index in [2.05, 4.69) is 4.90 Å². The number of hydrogen-bond donors (Lipinski definition) is 0. The molecule has 0 N–H and O–H groups in total. The summed E-state index contributed by atoms with van der Waals surface area (Å²) < 4.78 is 5.82. The van der Waals surface area contributed by atoms with Gasteiger partial charge in [-0.1, -0.05) is 29.8 Å². The minimum absolute atomic E-state index is 0.0345. The first-order valence-electron chi connectivity index (χ1n) is 8.55. The fraction of sp³-hybridized carbons (Fsp3) is 0.350. The summed E-state index contributed by atoms with van der Waals surface area (Å²) in [5, 5.41) is 0.733. The van der Waals surface area contributed by atoms with Gasteiger partial charge in [-0.25, -0.2) is 0 Å². The summed E-state index contributed by atoms with van der Waals surface area (Å²) in [6.07, 6.45) is -0.487. The van der Waals surface area contributed by atoms with E-state index in [-0.39, 0.29) is 5.91 Å². The molecule has 0 unspecified atom stereocenters. The Morgan fingerprint density at radius 1 is 1.08 bits per heavy atom. The number of carbonyl (C=O) groups excluding carboxylic acids is 1. The molecule has 1 saturated heterocycles. The molecule has 4 nitrogen and oxygen atoms in total. The van der Waals surface area contributed by atoms with Crippen LogP contribution >= 0.6 is 11.6 Å². The normalized spacial score (nSPS) is 15.8. The maximum absolute atomic E-state index is 12.6. The Balaban J connectivity index is 1.56. The Morgan fingerprint density at radius 2 is 1.80 bits per heavy atom. The van der Waals surface area contributed by atoms with Crippen LogP contribution in [0.2, 0.25) is 5.02 Å².